The van der Waals surface area contributed by atoms with Crippen LogP contribution in [0.4, 0.5) is 4.79 Å². The molecule has 20 heavy (non-hydrogen) atoms. The predicted octanol–water partition coefficient (Wildman–Crippen LogP) is 2.47. The molecule has 5 nitrogen and oxygen atoms in total. The van der Waals surface area contributed by atoms with E-state index < -0.39 is 17.7 Å². The van der Waals surface area contributed by atoms with Gasteiger partial charge in [0.25, 0.3) is 0 Å². The zero-order valence-electron chi connectivity index (χ0n) is 13.0. The SMILES string of the molecule is CC(C)(C)OC(=O)NC(CO)COCC1CCCCC1. The predicted molar refractivity (Wildman–Crippen MR) is 77.6 cm³/mol. The van der Waals surface area contributed by atoms with Gasteiger partial charge in [0.2, 0.25) is 0 Å². The topological polar surface area (TPSA) is 67.8 Å². The van der Waals surface area contributed by atoms with Crippen LogP contribution in [-0.4, -0.2) is 42.7 Å². The number of aliphatic hydroxyl groups is 1. The number of carbonyl (C=O) groups excluding carboxylic acids is 1. The van der Waals surface area contributed by atoms with E-state index in [9.17, 15) is 9.90 Å². The lowest BCUT2D eigenvalue weighted by Gasteiger charge is -2.24. The first kappa shape index (κ1) is 17.2. The van der Waals surface area contributed by atoms with Gasteiger partial charge in [-0.2, -0.15) is 0 Å². The average molecular weight is 287 g/mol. The van der Waals surface area contributed by atoms with E-state index in [1.54, 1.807) is 20.8 Å². The van der Waals surface area contributed by atoms with Gasteiger partial charge >= 0.3 is 6.09 Å². The molecule has 1 amide bonds. The van der Waals surface area contributed by atoms with E-state index in [4.69, 9.17) is 9.47 Å². The van der Waals surface area contributed by atoms with Gasteiger partial charge in [-0.15, -0.1) is 0 Å². The van der Waals surface area contributed by atoms with Crippen LogP contribution in [0, 0.1) is 5.92 Å². The van der Waals surface area contributed by atoms with Gasteiger partial charge in [0.15, 0.2) is 0 Å². The van der Waals surface area contributed by atoms with Crippen molar-refractivity contribution in [2.75, 3.05) is 19.8 Å². The van der Waals surface area contributed by atoms with Crippen LogP contribution in [0.2, 0.25) is 0 Å². The number of aliphatic hydroxyl groups excluding tert-OH is 1. The van der Waals surface area contributed by atoms with Crippen LogP contribution < -0.4 is 5.32 Å². The summed E-state index contributed by atoms with van der Waals surface area (Å²) in [6.07, 6.45) is 5.84. The molecule has 2 N–H and O–H groups in total. The van der Waals surface area contributed by atoms with E-state index in [1.165, 1.54) is 32.1 Å². The van der Waals surface area contributed by atoms with Crippen molar-refractivity contribution in [1.82, 2.24) is 5.32 Å². The Morgan fingerprint density at radius 1 is 1.30 bits per heavy atom. The molecule has 1 atom stereocenters. The second-order valence-electron chi connectivity index (χ2n) is 6.57. The van der Waals surface area contributed by atoms with Crippen LogP contribution in [0.3, 0.4) is 0 Å². The third-order valence-corrected chi connectivity index (χ3v) is 3.34. The highest BCUT2D eigenvalue weighted by atomic mass is 16.6. The molecule has 0 aromatic heterocycles. The molecular formula is C15H29NO4. The molecular weight excluding hydrogens is 258 g/mol. The molecule has 1 aliphatic rings. The fourth-order valence-corrected chi connectivity index (χ4v) is 2.35. The number of amides is 1. The summed E-state index contributed by atoms with van der Waals surface area (Å²) in [6.45, 7) is 6.31. The standard InChI is InChI=1S/C15H29NO4/c1-15(2,3)20-14(18)16-13(9-17)11-19-10-12-7-5-4-6-8-12/h12-13,17H,4-11H2,1-3H3,(H,16,18). The Hall–Kier alpha value is -0.810. The Bertz CT molecular complexity index is 282. The minimum absolute atomic E-state index is 0.149. The van der Waals surface area contributed by atoms with Crippen LogP contribution in [0.15, 0.2) is 0 Å². The number of hydrogen-bond acceptors (Lipinski definition) is 4. The van der Waals surface area contributed by atoms with Crippen LogP contribution in [0.5, 0.6) is 0 Å². The summed E-state index contributed by atoms with van der Waals surface area (Å²) in [4.78, 5) is 11.6. The summed E-state index contributed by atoms with van der Waals surface area (Å²) in [5.74, 6) is 0.629. The maximum Gasteiger partial charge on any atom is 0.408 e. The molecule has 0 radical (unpaired) electrons. The van der Waals surface area contributed by atoms with E-state index in [-0.39, 0.29) is 6.61 Å². The van der Waals surface area contributed by atoms with Gasteiger partial charge < -0.3 is 19.9 Å². The fraction of sp³-hybridized carbons (Fsp3) is 0.933. The lowest BCUT2D eigenvalue weighted by atomic mass is 9.90. The van der Waals surface area contributed by atoms with Gasteiger partial charge in [0.1, 0.15) is 5.60 Å². The van der Waals surface area contributed by atoms with Gasteiger partial charge in [-0.05, 0) is 39.5 Å². The Morgan fingerprint density at radius 3 is 2.50 bits per heavy atom. The maximum atomic E-state index is 11.6. The minimum Gasteiger partial charge on any atom is -0.444 e. The monoisotopic (exact) mass is 287 g/mol. The smallest absolute Gasteiger partial charge is 0.408 e. The quantitative estimate of drug-likeness (QED) is 0.787. The van der Waals surface area contributed by atoms with Crippen molar-refractivity contribution < 1.29 is 19.4 Å². The summed E-state index contributed by atoms with van der Waals surface area (Å²) in [7, 11) is 0. The van der Waals surface area contributed by atoms with Gasteiger partial charge in [-0.25, -0.2) is 4.79 Å². The first-order valence-electron chi connectivity index (χ1n) is 7.59. The molecule has 0 aromatic carbocycles. The Labute approximate surface area is 122 Å². The third kappa shape index (κ3) is 7.70. The van der Waals surface area contributed by atoms with E-state index in [2.05, 4.69) is 5.32 Å². The highest BCUT2D eigenvalue weighted by Crippen LogP contribution is 2.23. The lowest BCUT2D eigenvalue weighted by Crippen LogP contribution is -2.43. The number of nitrogens with one attached hydrogen (secondary N) is 1. The Kier molecular flexibility index (Phi) is 7.30. The van der Waals surface area contributed by atoms with E-state index >= 15 is 0 Å². The van der Waals surface area contributed by atoms with Crippen molar-refractivity contribution in [3.63, 3.8) is 0 Å². The molecule has 1 unspecified atom stereocenters. The van der Waals surface area contributed by atoms with Gasteiger partial charge in [-0.1, -0.05) is 19.3 Å². The molecule has 5 heteroatoms. The number of rotatable bonds is 6. The summed E-state index contributed by atoms with van der Waals surface area (Å²) in [5.41, 5.74) is -0.535. The normalized spacial score (nSPS) is 18.6. The minimum atomic E-state index is -0.535. The first-order chi connectivity index (χ1) is 9.40. The van der Waals surface area contributed by atoms with Crippen LogP contribution in [0.25, 0.3) is 0 Å². The molecule has 1 fully saturated rings. The highest BCUT2D eigenvalue weighted by molar-refractivity contribution is 5.68. The number of hydrogen-bond donors (Lipinski definition) is 2. The highest BCUT2D eigenvalue weighted by Gasteiger charge is 2.20. The second kappa shape index (κ2) is 8.47. The Balaban J connectivity index is 2.19. The van der Waals surface area contributed by atoms with Crippen molar-refractivity contribution in [1.29, 1.82) is 0 Å². The third-order valence-electron chi connectivity index (χ3n) is 3.34. The van der Waals surface area contributed by atoms with Gasteiger partial charge in [0, 0.05) is 6.61 Å². The van der Waals surface area contributed by atoms with Crippen LogP contribution >= 0.6 is 0 Å². The Morgan fingerprint density at radius 2 is 1.95 bits per heavy atom. The largest absolute Gasteiger partial charge is 0.444 e. The zero-order valence-corrected chi connectivity index (χ0v) is 13.0. The molecule has 1 aliphatic carbocycles. The summed E-state index contributed by atoms with van der Waals surface area (Å²) in [5, 5.41) is 11.9. The van der Waals surface area contributed by atoms with E-state index in [0.717, 1.165) is 0 Å². The van der Waals surface area contributed by atoms with Crippen molar-refractivity contribution in [3.8, 4) is 0 Å². The van der Waals surface area contributed by atoms with Crippen molar-refractivity contribution in [2.45, 2.75) is 64.5 Å². The molecule has 1 saturated carbocycles. The summed E-state index contributed by atoms with van der Waals surface area (Å²) >= 11 is 0. The fourth-order valence-electron chi connectivity index (χ4n) is 2.35. The maximum absolute atomic E-state index is 11.6. The van der Waals surface area contributed by atoms with Crippen molar-refractivity contribution >= 4 is 6.09 Å². The lowest BCUT2D eigenvalue weighted by molar-refractivity contribution is 0.0315. The van der Waals surface area contributed by atoms with E-state index in [0.29, 0.717) is 19.1 Å². The molecule has 1 rings (SSSR count). The molecule has 0 spiro atoms. The molecule has 0 bridgehead atoms. The molecule has 0 saturated heterocycles. The first-order valence-corrected chi connectivity index (χ1v) is 7.59. The summed E-state index contributed by atoms with van der Waals surface area (Å²) in [6, 6.07) is -0.409. The molecule has 0 aliphatic heterocycles. The zero-order chi connectivity index (χ0) is 15.0. The molecule has 0 aromatic rings. The molecule has 118 valence electrons. The van der Waals surface area contributed by atoms with Gasteiger partial charge in [0.05, 0.1) is 19.3 Å². The summed E-state index contributed by atoms with van der Waals surface area (Å²) < 4.78 is 10.8. The number of alkyl carbamates (subject to hydrolysis) is 1. The van der Waals surface area contributed by atoms with Crippen LogP contribution in [0.1, 0.15) is 52.9 Å². The van der Waals surface area contributed by atoms with Crippen molar-refractivity contribution in [2.24, 2.45) is 5.92 Å². The van der Waals surface area contributed by atoms with E-state index in [1.807, 2.05) is 0 Å². The number of carbonyl (C=O) groups is 1. The molecule has 0 heterocycles. The van der Waals surface area contributed by atoms with Crippen molar-refractivity contribution in [3.05, 3.63) is 0 Å². The van der Waals surface area contributed by atoms with Gasteiger partial charge in [-0.3, -0.25) is 0 Å². The van der Waals surface area contributed by atoms with Crippen LogP contribution in [-0.2, 0) is 9.47 Å². The second-order valence-corrected chi connectivity index (χ2v) is 6.57. The average Bonchev–Trinajstić information content (AvgIpc) is 2.36. The number of ether oxygens (including phenoxy) is 2.